The summed E-state index contributed by atoms with van der Waals surface area (Å²) >= 11 is 5.89. The van der Waals surface area contributed by atoms with Crippen molar-refractivity contribution in [1.29, 1.82) is 0 Å². The molecule has 4 rings (SSSR count). The highest BCUT2D eigenvalue weighted by Gasteiger charge is 2.35. The molecule has 3 aromatic rings. The highest BCUT2D eigenvalue weighted by atomic mass is 35.5. The molecule has 11 heteroatoms. The number of aromatic nitrogens is 5. The lowest BCUT2D eigenvalue weighted by Gasteiger charge is -2.29. The van der Waals surface area contributed by atoms with Gasteiger partial charge in [0.1, 0.15) is 6.33 Å². The van der Waals surface area contributed by atoms with E-state index in [1.807, 2.05) is 0 Å². The number of amides is 1. The van der Waals surface area contributed by atoms with Crippen molar-refractivity contribution in [2.24, 2.45) is 5.92 Å². The number of halogens is 4. The van der Waals surface area contributed by atoms with Gasteiger partial charge in [0.25, 0.3) is 5.91 Å². The van der Waals surface area contributed by atoms with Crippen molar-refractivity contribution in [3.63, 3.8) is 0 Å². The summed E-state index contributed by atoms with van der Waals surface area (Å²) in [5.74, 6) is 0.581. The number of hydrogen-bond acceptors (Lipinski definition) is 5. The molecule has 0 saturated heterocycles. The molecule has 0 bridgehead atoms. The molecular formula is C20H18ClF3N6O. The maximum absolute atomic E-state index is 13.3. The predicted octanol–water partition coefficient (Wildman–Crippen LogP) is 4.34. The molecule has 0 aliphatic heterocycles. The van der Waals surface area contributed by atoms with Crippen LogP contribution in [0, 0.1) is 5.92 Å². The van der Waals surface area contributed by atoms with Gasteiger partial charge in [0.05, 0.1) is 11.6 Å². The standard InChI is InChI=1S/C20H18ClF3N6O/c1-12(18-25-11-27-30(18)17-3-2-6-26-28-17)29(10-13-4-5-13)19(31)14-7-15(20(22,23)24)9-16(21)8-14/h2-3,6-9,11-13H,4-5,10H2,1H3. The lowest BCUT2D eigenvalue weighted by Crippen LogP contribution is -2.36. The van der Waals surface area contributed by atoms with Crippen molar-refractivity contribution in [1.82, 2.24) is 29.9 Å². The largest absolute Gasteiger partial charge is 0.416 e. The summed E-state index contributed by atoms with van der Waals surface area (Å²) in [6.07, 6.45) is 0.150. The van der Waals surface area contributed by atoms with E-state index in [2.05, 4.69) is 20.3 Å². The van der Waals surface area contributed by atoms with Gasteiger partial charge in [-0.3, -0.25) is 4.79 Å². The van der Waals surface area contributed by atoms with Gasteiger partial charge < -0.3 is 4.90 Å². The van der Waals surface area contributed by atoms with E-state index in [1.54, 1.807) is 19.1 Å². The van der Waals surface area contributed by atoms with E-state index in [-0.39, 0.29) is 10.6 Å². The van der Waals surface area contributed by atoms with Crippen molar-refractivity contribution in [2.45, 2.75) is 32.0 Å². The van der Waals surface area contributed by atoms with Gasteiger partial charge in [-0.15, -0.1) is 5.10 Å². The molecule has 1 aliphatic rings. The minimum atomic E-state index is -4.61. The van der Waals surface area contributed by atoms with Crippen LogP contribution in [0.2, 0.25) is 5.02 Å². The number of nitrogens with zero attached hydrogens (tertiary/aromatic N) is 6. The average Bonchev–Trinajstić information content (AvgIpc) is 3.43. The Morgan fingerprint density at radius 3 is 2.74 bits per heavy atom. The van der Waals surface area contributed by atoms with Crippen molar-refractivity contribution >= 4 is 17.5 Å². The zero-order valence-electron chi connectivity index (χ0n) is 16.4. The highest BCUT2D eigenvalue weighted by Crippen LogP contribution is 2.35. The number of carbonyl (C=O) groups is 1. The van der Waals surface area contributed by atoms with Gasteiger partial charge in [0.2, 0.25) is 0 Å². The van der Waals surface area contributed by atoms with Crippen molar-refractivity contribution in [3.05, 3.63) is 64.8 Å². The summed E-state index contributed by atoms with van der Waals surface area (Å²) in [5.41, 5.74) is -1.09. The molecule has 0 N–H and O–H groups in total. The van der Waals surface area contributed by atoms with Gasteiger partial charge in [0, 0.05) is 23.3 Å². The minimum absolute atomic E-state index is 0.127. The first kappa shape index (κ1) is 21.2. The third-order valence-electron chi connectivity index (χ3n) is 5.08. The van der Waals surface area contributed by atoms with E-state index in [1.165, 1.54) is 28.2 Å². The van der Waals surface area contributed by atoms with Gasteiger partial charge in [-0.1, -0.05) is 11.6 Å². The maximum Gasteiger partial charge on any atom is 0.416 e. The van der Waals surface area contributed by atoms with E-state index >= 15 is 0 Å². The van der Waals surface area contributed by atoms with Crippen LogP contribution in [0.25, 0.3) is 5.82 Å². The molecule has 1 fully saturated rings. The van der Waals surface area contributed by atoms with Crippen LogP contribution in [0.3, 0.4) is 0 Å². The zero-order valence-corrected chi connectivity index (χ0v) is 17.2. The third-order valence-corrected chi connectivity index (χ3v) is 5.29. The summed E-state index contributed by atoms with van der Waals surface area (Å²) in [6.45, 7) is 2.15. The molecule has 1 atom stereocenters. The van der Waals surface area contributed by atoms with Crippen LogP contribution in [0.15, 0.2) is 42.9 Å². The SMILES string of the molecule is CC(c1ncnn1-c1cccnn1)N(CC1CC1)C(=O)c1cc(Cl)cc(C(F)(F)F)c1. The average molecular weight is 451 g/mol. The summed E-state index contributed by atoms with van der Waals surface area (Å²) < 4.78 is 41.2. The first-order valence-electron chi connectivity index (χ1n) is 9.61. The lowest BCUT2D eigenvalue weighted by molar-refractivity contribution is -0.137. The van der Waals surface area contributed by atoms with E-state index in [4.69, 9.17) is 11.6 Å². The van der Waals surface area contributed by atoms with E-state index in [0.29, 0.717) is 24.1 Å². The molecule has 1 unspecified atom stereocenters. The van der Waals surface area contributed by atoms with Crippen molar-refractivity contribution < 1.29 is 18.0 Å². The number of carbonyl (C=O) groups excluding carboxylic acids is 1. The Morgan fingerprint density at radius 1 is 1.32 bits per heavy atom. The molecule has 0 radical (unpaired) electrons. The van der Waals surface area contributed by atoms with Gasteiger partial charge in [0.15, 0.2) is 11.6 Å². The fourth-order valence-corrected chi connectivity index (χ4v) is 3.53. The molecule has 0 spiro atoms. The van der Waals surface area contributed by atoms with E-state index < -0.39 is 23.7 Å². The second-order valence-corrected chi connectivity index (χ2v) is 7.85. The fraction of sp³-hybridized carbons (Fsp3) is 0.350. The molecule has 1 amide bonds. The van der Waals surface area contributed by atoms with Crippen LogP contribution in [0.1, 0.15) is 47.6 Å². The maximum atomic E-state index is 13.3. The highest BCUT2D eigenvalue weighted by molar-refractivity contribution is 6.31. The Balaban J connectivity index is 1.70. The van der Waals surface area contributed by atoms with Gasteiger partial charge >= 0.3 is 6.18 Å². The second kappa shape index (κ2) is 8.26. The van der Waals surface area contributed by atoms with Crippen LogP contribution in [-0.4, -0.2) is 42.3 Å². The Kier molecular flexibility index (Phi) is 5.65. The molecule has 162 valence electrons. The molecule has 1 aliphatic carbocycles. The van der Waals surface area contributed by atoms with Gasteiger partial charge in [-0.2, -0.15) is 28.1 Å². The van der Waals surface area contributed by atoms with Crippen LogP contribution in [0.4, 0.5) is 13.2 Å². The topological polar surface area (TPSA) is 76.8 Å². The summed E-state index contributed by atoms with van der Waals surface area (Å²) in [4.78, 5) is 19.1. The minimum Gasteiger partial charge on any atom is -0.328 e. The van der Waals surface area contributed by atoms with Crippen molar-refractivity contribution in [3.8, 4) is 5.82 Å². The Labute approximate surface area is 180 Å². The van der Waals surface area contributed by atoms with Crippen LogP contribution >= 0.6 is 11.6 Å². The fourth-order valence-electron chi connectivity index (χ4n) is 3.30. The van der Waals surface area contributed by atoms with Gasteiger partial charge in [-0.25, -0.2) is 4.98 Å². The van der Waals surface area contributed by atoms with Crippen molar-refractivity contribution in [2.75, 3.05) is 6.54 Å². The zero-order chi connectivity index (χ0) is 22.2. The molecular weight excluding hydrogens is 433 g/mol. The molecule has 1 aromatic carbocycles. The number of rotatable bonds is 6. The third kappa shape index (κ3) is 4.68. The Hall–Kier alpha value is -3.01. The normalized spacial score (nSPS) is 15.0. The predicted molar refractivity (Wildman–Crippen MR) is 106 cm³/mol. The molecule has 31 heavy (non-hydrogen) atoms. The number of alkyl halides is 3. The number of hydrogen-bond donors (Lipinski definition) is 0. The molecule has 1 saturated carbocycles. The summed E-state index contributed by atoms with van der Waals surface area (Å²) in [7, 11) is 0. The quantitative estimate of drug-likeness (QED) is 0.558. The Bertz CT molecular complexity index is 1080. The summed E-state index contributed by atoms with van der Waals surface area (Å²) in [6, 6.07) is 5.68. The van der Waals surface area contributed by atoms with E-state index in [0.717, 1.165) is 25.0 Å². The first-order chi connectivity index (χ1) is 14.7. The number of benzene rings is 1. The second-order valence-electron chi connectivity index (χ2n) is 7.42. The van der Waals surface area contributed by atoms with E-state index in [9.17, 15) is 18.0 Å². The van der Waals surface area contributed by atoms with Crippen LogP contribution in [0.5, 0.6) is 0 Å². The van der Waals surface area contributed by atoms with Gasteiger partial charge in [-0.05, 0) is 56.0 Å². The first-order valence-corrected chi connectivity index (χ1v) is 9.98. The van der Waals surface area contributed by atoms with Crippen LogP contribution in [-0.2, 0) is 6.18 Å². The van der Waals surface area contributed by atoms with Crippen LogP contribution < -0.4 is 0 Å². The Morgan fingerprint density at radius 2 is 2.10 bits per heavy atom. The lowest BCUT2D eigenvalue weighted by atomic mass is 10.1. The summed E-state index contributed by atoms with van der Waals surface area (Å²) in [5, 5.41) is 11.9. The molecule has 2 aromatic heterocycles. The molecule has 2 heterocycles. The monoisotopic (exact) mass is 450 g/mol. The smallest absolute Gasteiger partial charge is 0.328 e. The molecule has 7 nitrogen and oxygen atoms in total.